The number of carboxylic acid groups (broad SMARTS) is 1. The van der Waals surface area contributed by atoms with Crippen LogP contribution in [0.5, 0.6) is 28.7 Å². The van der Waals surface area contributed by atoms with Gasteiger partial charge in [0.05, 0.1) is 19.9 Å². The van der Waals surface area contributed by atoms with Gasteiger partial charge in [-0.15, -0.1) is 0 Å². The molecule has 1 atom stereocenters. The fourth-order valence-corrected chi connectivity index (χ4v) is 3.85. The molecule has 0 spiro atoms. The van der Waals surface area contributed by atoms with E-state index in [0.29, 0.717) is 39.7 Å². The number of rotatable bonds is 7. The SMILES string of the molecule is CON=C1c2cc(OC)c(OCC(=O)O)cc2C(=O)CC1c1cc2c(cc1OC)OCO2. The van der Waals surface area contributed by atoms with Crippen LogP contribution in [-0.4, -0.2) is 57.3 Å². The molecule has 10 heteroatoms. The van der Waals surface area contributed by atoms with E-state index in [-0.39, 0.29) is 30.5 Å². The first kappa shape index (κ1) is 21.3. The van der Waals surface area contributed by atoms with Crippen molar-refractivity contribution < 1.29 is 43.2 Å². The minimum atomic E-state index is -1.15. The summed E-state index contributed by atoms with van der Waals surface area (Å²) in [6.45, 7) is -0.469. The smallest absolute Gasteiger partial charge is 0.341 e. The highest BCUT2D eigenvalue weighted by Gasteiger charge is 2.37. The summed E-state index contributed by atoms with van der Waals surface area (Å²) in [6.07, 6.45) is 0.0793. The number of nitrogens with zero attached hydrogens (tertiary/aromatic N) is 1. The summed E-state index contributed by atoms with van der Waals surface area (Å²) in [6, 6.07) is 6.55. The first-order valence-electron chi connectivity index (χ1n) is 9.65. The summed E-state index contributed by atoms with van der Waals surface area (Å²) in [5.41, 5.74) is 2.00. The number of oxime groups is 1. The van der Waals surface area contributed by atoms with Crippen molar-refractivity contribution in [2.75, 3.05) is 34.7 Å². The highest BCUT2D eigenvalue weighted by Crippen LogP contribution is 2.45. The van der Waals surface area contributed by atoms with E-state index >= 15 is 0 Å². The molecular weight excluding hydrogens is 422 g/mol. The second-order valence-electron chi connectivity index (χ2n) is 7.02. The molecule has 2 aromatic rings. The van der Waals surface area contributed by atoms with Gasteiger partial charge in [-0.25, -0.2) is 4.79 Å². The van der Waals surface area contributed by atoms with Crippen molar-refractivity contribution in [1.29, 1.82) is 0 Å². The second-order valence-corrected chi connectivity index (χ2v) is 7.02. The molecule has 0 bridgehead atoms. The zero-order valence-corrected chi connectivity index (χ0v) is 17.7. The minimum Gasteiger partial charge on any atom is -0.496 e. The highest BCUT2D eigenvalue weighted by molar-refractivity contribution is 6.19. The Kier molecular flexibility index (Phi) is 5.76. The number of methoxy groups -OCH3 is 2. The third kappa shape index (κ3) is 3.75. The maximum atomic E-state index is 13.1. The van der Waals surface area contributed by atoms with Gasteiger partial charge < -0.3 is 33.6 Å². The molecule has 1 aliphatic heterocycles. The molecule has 0 radical (unpaired) electrons. The van der Waals surface area contributed by atoms with Crippen LogP contribution in [-0.2, 0) is 9.63 Å². The van der Waals surface area contributed by atoms with Gasteiger partial charge in [-0.3, -0.25) is 4.79 Å². The largest absolute Gasteiger partial charge is 0.496 e. The molecule has 1 aliphatic carbocycles. The number of benzene rings is 2. The molecule has 10 nitrogen and oxygen atoms in total. The van der Waals surface area contributed by atoms with Gasteiger partial charge in [0.1, 0.15) is 12.9 Å². The van der Waals surface area contributed by atoms with Crippen molar-refractivity contribution in [2.45, 2.75) is 12.3 Å². The van der Waals surface area contributed by atoms with Crippen LogP contribution in [0.15, 0.2) is 29.4 Å². The summed E-state index contributed by atoms with van der Waals surface area (Å²) in [5.74, 6) is 0.224. The predicted octanol–water partition coefficient (Wildman–Crippen LogP) is 2.62. The predicted molar refractivity (Wildman–Crippen MR) is 110 cm³/mol. The molecular formula is C22H21NO9. The molecule has 4 rings (SSSR count). The number of Topliss-reactive ketones (excluding diaryl/α,β-unsaturated/α-hetero) is 1. The van der Waals surface area contributed by atoms with E-state index < -0.39 is 18.5 Å². The Labute approximate surface area is 183 Å². The lowest BCUT2D eigenvalue weighted by Gasteiger charge is -2.27. The third-order valence-corrected chi connectivity index (χ3v) is 5.24. The van der Waals surface area contributed by atoms with Crippen molar-refractivity contribution in [3.05, 3.63) is 41.0 Å². The lowest BCUT2D eigenvalue weighted by Crippen LogP contribution is -2.27. The molecule has 0 saturated heterocycles. The van der Waals surface area contributed by atoms with Crippen molar-refractivity contribution in [3.63, 3.8) is 0 Å². The molecule has 0 amide bonds. The average Bonchev–Trinajstić information content (AvgIpc) is 3.25. The van der Waals surface area contributed by atoms with Crippen molar-refractivity contribution in [1.82, 2.24) is 0 Å². The molecule has 1 heterocycles. The van der Waals surface area contributed by atoms with Crippen LogP contribution >= 0.6 is 0 Å². The standard InChI is InChI=1S/C22H21NO9/c1-27-16-8-20-19(31-10-32-20)6-12(16)13-4-15(24)11-5-18(30-9-21(25)26)17(28-2)7-14(11)22(13)23-29-3/h5-8,13H,4,9-10H2,1-3H3,(H,25,26). The molecule has 1 N–H and O–H groups in total. The molecule has 32 heavy (non-hydrogen) atoms. The van der Waals surface area contributed by atoms with Crippen molar-refractivity contribution in [3.8, 4) is 28.7 Å². The number of carbonyl (C=O) groups excluding carboxylic acids is 1. The summed E-state index contributed by atoms with van der Waals surface area (Å²) in [7, 11) is 4.37. The second kappa shape index (κ2) is 8.66. The van der Waals surface area contributed by atoms with Crippen LogP contribution in [0.4, 0.5) is 0 Å². The molecule has 0 fully saturated rings. The number of ether oxygens (including phenoxy) is 5. The van der Waals surface area contributed by atoms with Crippen molar-refractivity contribution >= 4 is 17.5 Å². The Morgan fingerprint density at radius 2 is 1.72 bits per heavy atom. The lowest BCUT2D eigenvalue weighted by atomic mass is 9.77. The molecule has 2 aliphatic rings. The van der Waals surface area contributed by atoms with E-state index in [9.17, 15) is 9.59 Å². The van der Waals surface area contributed by atoms with Crippen LogP contribution in [0.2, 0.25) is 0 Å². The van der Waals surface area contributed by atoms with Crippen molar-refractivity contribution in [2.24, 2.45) is 5.16 Å². The van der Waals surface area contributed by atoms with E-state index in [1.54, 1.807) is 18.2 Å². The zero-order valence-electron chi connectivity index (χ0n) is 17.7. The number of carbonyl (C=O) groups is 2. The molecule has 168 valence electrons. The van der Waals surface area contributed by atoms with Gasteiger partial charge in [0.25, 0.3) is 0 Å². The van der Waals surface area contributed by atoms with Crippen LogP contribution in [0.25, 0.3) is 0 Å². The molecule has 0 aromatic heterocycles. The van der Waals surface area contributed by atoms with Crippen LogP contribution < -0.4 is 23.7 Å². The minimum absolute atomic E-state index is 0.0793. The van der Waals surface area contributed by atoms with Gasteiger partial charge in [-0.1, -0.05) is 5.16 Å². The molecule has 2 aromatic carbocycles. The Morgan fingerprint density at radius 3 is 2.38 bits per heavy atom. The Morgan fingerprint density at radius 1 is 1.03 bits per heavy atom. The summed E-state index contributed by atoms with van der Waals surface area (Å²) >= 11 is 0. The first-order valence-corrected chi connectivity index (χ1v) is 9.65. The number of hydrogen-bond donors (Lipinski definition) is 1. The summed E-state index contributed by atoms with van der Waals surface area (Å²) < 4.78 is 27.1. The Bertz CT molecular complexity index is 1110. The topological polar surface area (TPSA) is 122 Å². The highest BCUT2D eigenvalue weighted by atomic mass is 16.7. The number of ketones is 1. The van der Waals surface area contributed by atoms with E-state index in [1.165, 1.54) is 27.4 Å². The Hall–Kier alpha value is -3.95. The molecule has 1 unspecified atom stereocenters. The normalized spacial score (nSPS) is 17.7. The van der Waals surface area contributed by atoms with Crippen LogP contribution in [0.3, 0.4) is 0 Å². The van der Waals surface area contributed by atoms with E-state index in [2.05, 4.69) is 5.16 Å². The molecule has 0 saturated carbocycles. The van der Waals surface area contributed by atoms with Crippen LogP contribution in [0, 0.1) is 0 Å². The number of aliphatic carboxylic acids is 1. The fraction of sp³-hybridized carbons (Fsp3) is 0.318. The van der Waals surface area contributed by atoms with Gasteiger partial charge in [0.15, 0.2) is 35.4 Å². The maximum Gasteiger partial charge on any atom is 0.341 e. The van der Waals surface area contributed by atoms with E-state index in [1.807, 2.05) is 0 Å². The van der Waals surface area contributed by atoms with Gasteiger partial charge in [0, 0.05) is 35.1 Å². The third-order valence-electron chi connectivity index (χ3n) is 5.24. The summed E-state index contributed by atoms with van der Waals surface area (Å²) in [4.78, 5) is 29.1. The number of carboxylic acids is 1. The number of hydrogen-bond acceptors (Lipinski definition) is 9. The van der Waals surface area contributed by atoms with Gasteiger partial charge in [0.2, 0.25) is 6.79 Å². The first-order chi connectivity index (χ1) is 15.5. The zero-order chi connectivity index (χ0) is 22.8. The average molecular weight is 443 g/mol. The van der Waals surface area contributed by atoms with Gasteiger partial charge in [-0.05, 0) is 18.2 Å². The van der Waals surface area contributed by atoms with E-state index in [4.69, 9.17) is 33.6 Å². The summed E-state index contributed by atoms with van der Waals surface area (Å²) in [5, 5.41) is 13.1. The van der Waals surface area contributed by atoms with Gasteiger partial charge in [-0.2, -0.15) is 0 Å². The fourth-order valence-electron chi connectivity index (χ4n) is 3.85. The van der Waals surface area contributed by atoms with Gasteiger partial charge >= 0.3 is 5.97 Å². The van der Waals surface area contributed by atoms with E-state index in [0.717, 1.165) is 0 Å². The lowest BCUT2D eigenvalue weighted by molar-refractivity contribution is -0.139. The number of fused-ring (bicyclic) bond motifs is 2. The van der Waals surface area contributed by atoms with Crippen LogP contribution in [0.1, 0.15) is 33.8 Å². The maximum absolute atomic E-state index is 13.1. The quantitative estimate of drug-likeness (QED) is 0.644. The monoisotopic (exact) mass is 443 g/mol. The Balaban J connectivity index is 1.83.